The van der Waals surface area contributed by atoms with Gasteiger partial charge in [-0.2, -0.15) is 0 Å². The van der Waals surface area contributed by atoms with Gasteiger partial charge in [0.1, 0.15) is 17.2 Å². The summed E-state index contributed by atoms with van der Waals surface area (Å²) in [5, 5.41) is 2.59. The number of rotatable bonds is 8. The number of nitrogens with one attached hydrogen (secondary N) is 2. The lowest BCUT2D eigenvalue weighted by molar-refractivity contribution is -0.114. The first-order valence-electron chi connectivity index (χ1n) is 8.41. The van der Waals surface area contributed by atoms with Crippen molar-refractivity contribution in [2.45, 2.75) is 24.8 Å². The summed E-state index contributed by atoms with van der Waals surface area (Å²) in [5.41, 5.74) is 1.02. The summed E-state index contributed by atoms with van der Waals surface area (Å²) in [5.74, 6) is 1.08. The second kappa shape index (κ2) is 8.94. The van der Waals surface area contributed by atoms with Gasteiger partial charge in [-0.15, -0.1) is 0 Å². The zero-order valence-electron chi connectivity index (χ0n) is 16.4. The smallest absolute Gasteiger partial charge is 0.241 e. The average Bonchev–Trinajstić information content (AvgIpc) is 2.66. The van der Waals surface area contributed by atoms with Crippen LogP contribution in [0.1, 0.15) is 25.5 Å². The monoisotopic (exact) mass is 408 g/mol. The van der Waals surface area contributed by atoms with Crippen LogP contribution in [0.25, 0.3) is 0 Å². The molecule has 0 aliphatic carbocycles. The SMILES string of the molecule is COc1ccc(OC)c([C@H](C)NS(=O)(=O)c2ccc(NC(C)=O)c(OC)c2)c1. The topological polar surface area (TPSA) is 103 Å². The maximum Gasteiger partial charge on any atom is 0.241 e. The number of amides is 1. The average molecular weight is 408 g/mol. The fourth-order valence-electron chi connectivity index (χ4n) is 2.67. The predicted molar refractivity (Wildman–Crippen MR) is 106 cm³/mol. The Balaban J connectivity index is 2.34. The first-order chi connectivity index (χ1) is 13.2. The van der Waals surface area contributed by atoms with E-state index in [4.69, 9.17) is 14.2 Å². The Labute approximate surface area is 164 Å². The minimum Gasteiger partial charge on any atom is -0.497 e. The molecule has 9 heteroatoms. The van der Waals surface area contributed by atoms with Gasteiger partial charge in [0.2, 0.25) is 15.9 Å². The molecule has 8 nitrogen and oxygen atoms in total. The Morgan fingerprint density at radius 1 is 0.964 bits per heavy atom. The van der Waals surface area contributed by atoms with Gasteiger partial charge in [0, 0.05) is 24.6 Å². The van der Waals surface area contributed by atoms with E-state index in [1.807, 2.05) is 0 Å². The van der Waals surface area contributed by atoms with Gasteiger partial charge in [0.15, 0.2) is 0 Å². The lowest BCUT2D eigenvalue weighted by Crippen LogP contribution is -2.27. The fourth-order valence-corrected chi connectivity index (χ4v) is 3.91. The maximum absolute atomic E-state index is 12.8. The van der Waals surface area contributed by atoms with Gasteiger partial charge in [-0.05, 0) is 37.3 Å². The van der Waals surface area contributed by atoms with E-state index in [2.05, 4.69) is 10.0 Å². The molecule has 0 fully saturated rings. The number of carbonyl (C=O) groups excluding carboxylic acids is 1. The number of carbonyl (C=O) groups is 1. The molecule has 2 N–H and O–H groups in total. The zero-order valence-corrected chi connectivity index (χ0v) is 17.2. The molecule has 0 spiro atoms. The molecule has 0 aliphatic rings. The molecule has 2 aromatic rings. The molecule has 1 amide bonds. The lowest BCUT2D eigenvalue weighted by atomic mass is 10.1. The highest BCUT2D eigenvalue weighted by Gasteiger charge is 2.22. The maximum atomic E-state index is 12.8. The first kappa shape index (κ1) is 21.5. The van der Waals surface area contributed by atoms with Gasteiger partial charge in [0.25, 0.3) is 0 Å². The Morgan fingerprint density at radius 3 is 2.21 bits per heavy atom. The van der Waals surface area contributed by atoms with Crippen molar-refractivity contribution in [2.24, 2.45) is 0 Å². The highest BCUT2D eigenvalue weighted by atomic mass is 32.2. The minimum atomic E-state index is -3.87. The largest absolute Gasteiger partial charge is 0.497 e. The standard InChI is InChI=1S/C19H24N2O6S/c1-12(16-10-14(25-3)6-9-18(16)26-4)21-28(23,24)15-7-8-17(20-13(2)22)19(11-15)27-5/h6-12,21H,1-5H3,(H,20,22)/t12-/m0/s1. The van der Waals surface area contributed by atoms with Crippen molar-refractivity contribution >= 4 is 21.6 Å². The third kappa shape index (κ3) is 4.93. The summed E-state index contributed by atoms with van der Waals surface area (Å²) < 4.78 is 44.0. The highest BCUT2D eigenvalue weighted by Crippen LogP contribution is 2.31. The molecule has 0 saturated carbocycles. The summed E-state index contributed by atoms with van der Waals surface area (Å²) in [6.07, 6.45) is 0. The van der Waals surface area contributed by atoms with Crippen molar-refractivity contribution in [1.29, 1.82) is 0 Å². The minimum absolute atomic E-state index is 0.00663. The fraction of sp³-hybridized carbons (Fsp3) is 0.316. The number of benzene rings is 2. The number of hydrogen-bond acceptors (Lipinski definition) is 6. The lowest BCUT2D eigenvalue weighted by Gasteiger charge is -2.19. The normalized spacial score (nSPS) is 12.2. The molecule has 152 valence electrons. The van der Waals surface area contributed by atoms with Crippen LogP contribution in [0.15, 0.2) is 41.3 Å². The zero-order chi connectivity index (χ0) is 20.9. The molecule has 0 aliphatic heterocycles. The summed E-state index contributed by atoms with van der Waals surface area (Å²) in [4.78, 5) is 11.3. The molecule has 0 radical (unpaired) electrons. The molecule has 0 unspecified atom stereocenters. The van der Waals surface area contributed by atoms with E-state index in [1.165, 1.54) is 46.5 Å². The van der Waals surface area contributed by atoms with Crippen LogP contribution in [0.5, 0.6) is 17.2 Å². The molecule has 0 saturated heterocycles. The van der Waals surface area contributed by atoms with Crippen LogP contribution >= 0.6 is 0 Å². The van der Waals surface area contributed by atoms with Crippen LogP contribution in [0.2, 0.25) is 0 Å². The number of ether oxygens (including phenoxy) is 3. The van der Waals surface area contributed by atoms with Gasteiger partial charge in [-0.1, -0.05) is 0 Å². The van der Waals surface area contributed by atoms with Crippen LogP contribution in [0, 0.1) is 0 Å². The van der Waals surface area contributed by atoms with Crippen molar-refractivity contribution in [3.05, 3.63) is 42.0 Å². The van der Waals surface area contributed by atoms with Gasteiger partial charge in [0.05, 0.1) is 31.9 Å². The van der Waals surface area contributed by atoms with Gasteiger partial charge < -0.3 is 19.5 Å². The molecule has 0 heterocycles. The van der Waals surface area contributed by atoms with Gasteiger partial charge in [-0.3, -0.25) is 4.79 Å². The Bertz CT molecular complexity index is 959. The highest BCUT2D eigenvalue weighted by molar-refractivity contribution is 7.89. The molecule has 2 rings (SSSR count). The van der Waals surface area contributed by atoms with E-state index in [9.17, 15) is 13.2 Å². The third-order valence-corrected chi connectivity index (χ3v) is 5.57. The molecular formula is C19H24N2O6S. The van der Waals surface area contributed by atoms with Crippen molar-refractivity contribution in [1.82, 2.24) is 4.72 Å². The third-order valence-electron chi connectivity index (χ3n) is 4.03. The van der Waals surface area contributed by atoms with Crippen molar-refractivity contribution in [2.75, 3.05) is 26.6 Å². The first-order valence-corrected chi connectivity index (χ1v) is 9.90. The number of hydrogen-bond donors (Lipinski definition) is 2. The molecule has 0 bridgehead atoms. The Morgan fingerprint density at radius 2 is 1.64 bits per heavy atom. The van der Waals surface area contributed by atoms with Crippen molar-refractivity contribution < 1.29 is 27.4 Å². The summed E-state index contributed by atoms with van der Waals surface area (Å²) in [6.45, 7) is 3.06. The second-order valence-corrected chi connectivity index (χ2v) is 7.71. The van der Waals surface area contributed by atoms with Crippen molar-refractivity contribution in [3.63, 3.8) is 0 Å². The summed E-state index contributed by atoms with van der Waals surface area (Å²) in [7, 11) is 0.571. The van der Waals surface area contributed by atoms with Crippen LogP contribution in [0.4, 0.5) is 5.69 Å². The van der Waals surface area contributed by atoms with Crippen LogP contribution in [0.3, 0.4) is 0 Å². The van der Waals surface area contributed by atoms with Crippen molar-refractivity contribution in [3.8, 4) is 17.2 Å². The molecular weight excluding hydrogens is 384 g/mol. The summed E-state index contributed by atoms with van der Waals surface area (Å²) in [6, 6.07) is 8.79. The van der Waals surface area contributed by atoms with Crippen LogP contribution < -0.4 is 24.2 Å². The number of anilines is 1. The summed E-state index contributed by atoms with van der Waals surface area (Å²) >= 11 is 0. The molecule has 2 aromatic carbocycles. The van der Waals surface area contributed by atoms with Crippen LogP contribution in [-0.2, 0) is 14.8 Å². The number of methoxy groups -OCH3 is 3. The molecule has 1 atom stereocenters. The van der Waals surface area contributed by atoms with E-state index < -0.39 is 16.1 Å². The quantitative estimate of drug-likeness (QED) is 0.696. The predicted octanol–water partition coefficient (Wildman–Crippen LogP) is 2.71. The van der Waals surface area contributed by atoms with Crippen LogP contribution in [-0.4, -0.2) is 35.7 Å². The number of sulfonamides is 1. The molecule has 0 aromatic heterocycles. The van der Waals surface area contributed by atoms with Gasteiger partial charge in [-0.25, -0.2) is 13.1 Å². The second-order valence-electron chi connectivity index (χ2n) is 5.99. The van der Waals surface area contributed by atoms with Gasteiger partial charge >= 0.3 is 0 Å². The van der Waals surface area contributed by atoms with E-state index in [-0.39, 0.29) is 16.6 Å². The Hall–Kier alpha value is -2.78. The van der Waals surface area contributed by atoms with E-state index in [1.54, 1.807) is 25.1 Å². The Kier molecular flexibility index (Phi) is 6.87. The van der Waals surface area contributed by atoms with E-state index in [0.717, 1.165) is 0 Å². The molecule has 28 heavy (non-hydrogen) atoms. The van der Waals surface area contributed by atoms with E-state index in [0.29, 0.717) is 22.7 Å². The van der Waals surface area contributed by atoms with E-state index >= 15 is 0 Å².